The van der Waals surface area contributed by atoms with Gasteiger partial charge in [-0.05, 0) is 74.5 Å². The lowest BCUT2D eigenvalue weighted by molar-refractivity contribution is 0.102. The van der Waals surface area contributed by atoms with E-state index >= 15 is 0 Å². The number of hydrogen-bond acceptors (Lipinski definition) is 4. The summed E-state index contributed by atoms with van der Waals surface area (Å²) in [6.45, 7) is 7.81. The van der Waals surface area contributed by atoms with E-state index in [9.17, 15) is 9.59 Å². The first-order valence-corrected chi connectivity index (χ1v) is 10.5. The zero-order valence-electron chi connectivity index (χ0n) is 17.6. The zero-order chi connectivity index (χ0) is 21.3. The number of likely N-dealkylation sites (N-methyl/N-ethyl adjacent to an activating group) is 1. The van der Waals surface area contributed by atoms with Crippen molar-refractivity contribution < 1.29 is 14.3 Å². The largest absolute Gasteiger partial charge is 0.492 e. The van der Waals surface area contributed by atoms with Crippen molar-refractivity contribution >= 4 is 23.3 Å². The van der Waals surface area contributed by atoms with Crippen molar-refractivity contribution in [3.63, 3.8) is 0 Å². The third kappa shape index (κ3) is 6.77. The van der Waals surface area contributed by atoms with Gasteiger partial charge in [0.15, 0.2) is 0 Å². The molecule has 1 aliphatic rings. The molecule has 3 amide bonds. The van der Waals surface area contributed by atoms with Crippen LogP contribution in [0.25, 0.3) is 0 Å². The van der Waals surface area contributed by atoms with Crippen LogP contribution in [-0.4, -0.2) is 49.1 Å². The molecule has 3 rings (SSSR count). The minimum Gasteiger partial charge on any atom is -0.492 e. The normalized spacial score (nSPS) is 13.0. The summed E-state index contributed by atoms with van der Waals surface area (Å²) < 4.78 is 5.76. The lowest BCUT2D eigenvalue weighted by Gasteiger charge is -2.18. The first kappa shape index (κ1) is 21.6. The van der Waals surface area contributed by atoms with E-state index in [1.54, 1.807) is 24.3 Å². The highest BCUT2D eigenvalue weighted by Crippen LogP contribution is 2.19. The van der Waals surface area contributed by atoms with Crippen molar-refractivity contribution in [2.75, 3.05) is 36.9 Å². The summed E-state index contributed by atoms with van der Waals surface area (Å²) >= 11 is 0. The molecule has 0 saturated heterocycles. The first-order chi connectivity index (χ1) is 14.6. The predicted octanol–water partition coefficient (Wildman–Crippen LogP) is 3.94. The van der Waals surface area contributed by atoms with Gasteiger partial charge in [0.05, 0.1) is 0 Å². The Morgan fingerprint density at radius 1 is 0.933 bits per heavy atom. The molecule has 7 heteroatoms. The van der Waals surface area contributed by atoms with Crippen LogP contribution in [0.4, 0.5) is 16.2 Å². The molecule has 0 spiro atoms. The molecule has 160 valence electrons. The van der Waals surface area contributed by atoms with Crippen molar-refractivity contribution in [3.8, 4) is 5.75 Å². The van der Waals surface area contributed by atoms with Crippen molar-refractivity contribution in [3.05, 3.63) is 54.1 Å². The molecule has 0 bridgehead atoms. The smallest absolute Gasteiger partial charge is 0.319 e. The number of nitrogens with zero attached hydrogens (tertiary/aromatic N) is 1. The Kier molecular flexibility index (Phi) is 7.68. The van der Waals surface area contributed by atoms with Crippen LogP contribution < -0.4 is 20.7 Å². The molecule has 2 aromatic carbocycles. The topological polar surface area (TPSA) is 82.7 Å². The number of carbonyl (C=O) groups excluding carboxylic acids is 2. The van der Waals surface area contributed by atoms with Crippen molar-refractivity contribution in [2.24, 2.45) is 0 Å². The molecule has 1 fully saturated rings. The van der Waals surface area contributed by atoms with E-state index in [4.69, 9.17) is 4.74 Å². The minimum absolute atomic E-state index is 0.209. The van der Waals surface area contributed by atoms with Gasteiger partial charge in [-0.15, -0.1) is 0 Å². The van der Waals surface area contributed by atoms with E-state index < -0.39 is 0 Å². The van der Waals surface area contributed by atoms with E-state index in [0.717, 1.165) is 38.2 Å². The Morgan fingerprint density at radius 3 is 2.13 bits per heavy atom. The zero-order valence-corrected chi connectivity index (χ0v) is 17.6. The second-order valence-corrected chi connectivity index (χ2v) is 7.30. The summed E-state index contributed by atoms with van der Waals surface area (Å²) in [4.78, 5) is 26.5. The molecule has 0 aliphatic heterocycles. The second kappa shape index (κ2) is 10.6. The maximum atomic E-state index is 12.5. The minimum atomic E-state index is -0.214. The average Bonchev–Trinajstić information content (AvgIpc) is 3.56. The van der Waals surface area contributed by atoms with E-state index in [1.165, 1.54) is 0 Å². The third-order valence-corrected chi connectivity index (χ3v) is 5.00. The number of carbonyl (C=O) groups is 2. The van der Waals surface area contributed by atoms with Gasteiger partial charge in [-0.2, -0.15) is 0 Å². The second-order valence-electron chi connectivity index (χ2n) is 7.30. The number of anilines is 2. The Balaban J connectivity index is 1.46. The van der Waals surface area contributed by atoms with Gasteiger partial charge in [-0.1, -0.05) is 13.8 Å². The fourth-order valence-corrected chi connectivity index (χ4v) is 2.96. The number of benzene rings is 2. The van der Waals surface area contributed by atoms with Gasteiger partial charge >= 0.3 is 6.03 Å². The molecular formula is C23H30N4O3. The summed E-state index contributed by atoms with van der Waals surface area (Å²) in [5.41, 5.74) is 1.86. The highest BCUT2D eigenvalue weighted by atomic mass is 16.5. The van der Waals surface area contributed by atoms with Gasteiger partial charge in [0, 0.05) is 29.5 Å². The van der Waals surface area contributed by atoms with Crippen LogP contribution in [0.5, 0.6) is 5.75 Å². The quantitative estimate of drug-likeness (QED) is 0.554. The van der Waals surface area contributed by atoms with Crippen LogP contribution in [0.2, 0.25) is 0 Å². The molecule has 0 unspecified atom stereocenters. The lowest BCUT2D eigenvalue weighted by atomic mass is 10.2. The van der Waals surface area contributed by atoms with E-state index in [2.05, 4.69) is 34.7 Å². The SMILES string of the molecule is CCN(CC)CCOc1ccc(NC(=O)c2ccc(NC(=O)NC3CC3)cc2)cc1. The van der Waals surface area contributed by atoms with Crippen LogP contribution in [0.3, 0.4) is 0 Å². The van der Waals surface area contributed by atoms with Gasteiger partial charge in [0.2, 0.25) is 0 Å². The highest BCUT2D eigenvalue weighted by molar-refractivity contribution is 6.04. The van der Waals surface area contributed by atoms with Crippen molar-refractivity contribution in [2.45, 2.75) is 32.7 Å². The first-order valence-electron chi connectivity index (χ1n) is 10.5. The number of rotatable bonds is 10. The van der Waals surface area contributed by atoms with E-state index in [1.807, 2.05) is 24.3 Å². The maximum Gasteiger partial charge on any atom is 0.319 e. The highest BCUT2D eigenvalue weighted by Gasteiger charge is 2.23. The fourth-order valence-electron chi connectivity index (χ4n) is 2.96. The molecule has 1 saturated carbocycles. The number of amides is 3. The summed E-state index contributed by atoms with van der Waals surface area (Å²) in [5, 5.41) is 8.50. The Morgan fingerprint density at radius 2 is 1.53 bits per heavy atom. The molecule has 1 aliphatic carbocycles. The third-order valence-electron chi connectivity index (χ3n) is 5.00. The molecule has 0 atom stereocenters. The fraction of sp³-hybridized carbons (Fsp3) is 0.391. The number of hydrogen-bond donors (Lipinski definition) is 3. The molecular weight excluding hydrogens is 380 g/mol. The maximum absolute atomic E-state index is 12.5. The summed E-state index contributed by atoms with van der Waals surface area (Å²) in [6, 6.07) is 14.2. The van der Waals surface area contributed by atoms with Gasteiger partial charge in [-0.3, -0.25) is 4.79 Å². The Labute approximate surface area is 177 Å². The van der Waals surface area contributed by atoms with Crippen LogP contribution in [0, 0.1) is 0 Å². The average molecular weight is 411 g/mol. The molecule has 7 nitrogen and oxygen atoms in total. The number of nitrogens with one attached hydrogen (secondary N) is 3. The molecule has 0 heterocycles. The van der Waals surface area contributed by atoms with Crippen LogP contribution in [0.1, 0.15) is 37.0 Å². The summed E-state index contributed by atoms with van der Waals surface area (Å²) in [7, 11) is 0. The lowest BCUT2D eigenvalue weighted by Crippen LogP contribution is -2.30. The molecule has 2 aromatic rings. The Bertz CT molecular complexity index is 829. The monoisotopic (exact) mass is 410 g/mol. The molecule has 0 radical (unpaired) electrons. The Hall–Kier alpha value is -3.06. The van der Waals surface area contributed by atoms with E-state index in [0.29, 0.717) is 29.6 Å². The number of urea groups is 1. The standard InChI is InChI=1S/C23H30N4O3/c1-3-27(4-2)15-16-30-21-13-11-18(12-14-21)24-22(28)17-5-7-19(8-6-17)25-23(29)26-20-9-10-20/h5-8,11-14,20H,3-4,9-10,15-16H2,1-2H3,(H,24,28)(H2,25,26,29). The van der Waals surface area contributed by atoms with Gasteiger partial charge in [0.25, 0.3) is 5.91 Å². The van der Waals surface area contributed by atoms with Crippen molar-refractivity contribution in [1.29, 1.82) is 0 Å². The summed E-state index contributed by atoms with van der Waals surface area (Å²) in [6.07, 6.45) is 2.08. The predicted molar refractivity (Wildman–Crippen MR) is 119 cm³/mol. The molecule has 30 heavy (non-hydrogen) atoms. The number of ether oxygens (including phenoxy) is 1. The van der Waals surface area contributed by atoms with Gasteiger partial charge in [0.1, 0.15) is 12.4 Å². The summed E-state index contributed by atoms with van der Waals surface area (Å²) in [5.74, 6) is 0.569. The van der Waals surface area contributed by atoms with Crippen molar-refractivity contribution in [1.82, 2.24) is 10.2 Å². The van der Waals surface area contributed by atoms with E-state index in [-0.39, 0.29) is 11.9 Å². The molecule has 3 N–H and O–H groups in total. The molecule has 0 aromatic heterocycles. The van der Waals surface area contributed by atoms with Gasteiger partial charge in [-0.25, -0.2) is 4.79 Å². The van der Waals surface area contributed by atoms with Crippen LogP contribution in [-0.2, 0) is 0 Å². The van der Waals surface area contributed by atoms with Gasteiger partial charge < -0.3 is 25.6 Å². The van der Waals surface area contributed by atoms with Crippen LogP contribution >= 0.6 is 0 Å². The van der Waals surface area contributed by atoms with Crippen LogP contribution in [0.15, 0.2) is 48.5 Å².